The number of fused-ring (bicyclic) bond motifs is 1. The first-order valence-corrected chi connectivity index (χ1v) is 7.04. The van der Waals surface area contributed by atoms with Crippen molar-refractivity contribution >= 4 is 16.9 Å². The zero-order valence-corrected chi connectivity index (χ0v) is 11.4. The van der Waals surface area contributed by atoms with Gasteiger partial charge in [0.2, 0.25) is 0 Å². The molecule has 2 heterocycles. The van der Waals surface area contributed by atoms with E-state index in [1.807, 2.05) is 41.0 Å². The number of carbonyl (C=O) groups is 1. The lowest BCUT2D eigenvalue weighted by Crippen LogP contribution is -2.08. The number of rotatable bonds is 3. The SMILES string of the molecule is O=C(O)c1ccc(-c2cccc3cccnc23)n1C1CC1. The summed E-state index contributed by atoms with van der Waals surface area (Å²) in [7, 11) is 0. The summed E-state index contributed by atoms with van der Waals surface area (Å²) in [5.74, 6) is -0.874. The molecule has 0 unspecified atom stereocenters. The van der Waals surface area contributed by atoms with Gasteiger partial charge in [-0.1, -0.05) is 24.3 Å². The molecule has 104 valence electrons. The van der Waals surface area contributed by atoms with Crippen molar-refractivity contribution in [3.63, 3.8) is 0 Å². The van der Waals surface area contributed by atoms with Crippen molar-refractivity contribution in [2.75, 3.05) is 0 Å². The predicted octanol–water partition coefficient (Wildman–Crippen LogP) is 3.74. The summed E-state index contributed by atoms with van der Waals surface area (Å²) >= 11 is 0. The molecule has 1 fully saturated rings. The van der Waals surface area contributed by atoms with E-state index in [1.165, 1.54) is 0 Å². The third-order valence-electron chi connectivity index (χ3n) is 3.96. The highest BCUT2D eigenvalue weighted by atomic mass is 16.4. The summed E-state index contributed by atoms with van der Waals surface area (Å²) in [6.07, 6.45) is 3.86. The van der Waals surface area contributed by atoms with Crippen molar-refractivity contribution < 1.29 is 9.90 Å². The van der Waals surface area contributed by atoms with Crippen LogP contribution in [-0.2, 0) is 0 Å². The Morgan fingerprint density at radius 1 is 1.14 bits per heavy atom. The number of para-hydroxylation sites is 1. The van der Waals surface area contributed by atoms with Gasteiger partial charge in [0, 0.05) is 23.2 Å². The number of aromatic nitrogens is 2. The minimum atomic E-state index is -0.874. The number of benzene rings is 1. The Morgan fingerprint density at radius 3 is 2.71 bits per heavy atom. The van der Waals surface area contributed by atoms with Gasteiger partial charge in [0.25, 0.3) is 0 Å². The molecule has 4 rings (SSSR count). The summed E-state index contributed by atoms with van der Waals surface area (Å²) in [4.78, 5) is 15.9. The highest BCUT2D eigenvalue weighted by molar-refractivity contribution is 5.94. The number of carboxylic acids is 1. The van der Waals surface area contributed by atoms with Gasteiger partial charge in [-0.2, -0.15) is 0 Å². The first-order valence-electron chi connectivity index (χ1n) is 7.04. The Hall–Kier alpha value is -2.62. The minimum Gasteiger partial charge on any atom is -0.477 e. The third-order valence-corrected chi connectivity index (χ3v) is 3.96. The van der Waals surface area contributed by atoms with Crippen LogP contribution in [0.4, 0.5) is 0 Å². The van der Waals surface area contributed by atoms with Crippen molar-refractivity contribution in [3.05, 3.63) is 54.4 Å². The second-order valence-electron chi connectivity index (χ2n) is 5.39. The van der Waals surface area contributed by atoms with Crippen LogP contribution in [0.5, 0.6) is 0 Å². The van der Waals surface area contributed by atoms with E-state index in [-0.39, 0.29) is 0 Å². The topological polar surface area (TPSA) is 55.1 Å². The van der Waals surface area contributed by atoms with Gasteiger partial charge in [0.05, 0.1) is 11.2 Å². The molecule has 0 radical (unpaired) electrons. The third kappa shape index (κ3) is 1.91. The Morgan fingerprint density at radius 2 is 1.95 bits per heavy atom. The molecule has 3 aromatic rings. The van der Waals surface area contributed by atoms with E-state index in [0.717, 1.165) is 35.0 Å². The number of hydrogen-bond acceptors (Lipinski definition) is 2. The Labute approximate surface area is 121 Å². The second kappa shape index (κ2) is 4.45. The van der Waals surface area contributed by atoms with Crippen molar-refractivity contribution in [3.8, 4) is 11.3 Å². The van der Waals surface area contributed by atoms with E-state index >= 15 is 0 Å². The molecule has 1 N–H and O–H groups in total. The number of pyridine rings is 1. The normalized spacial score (nSPS) is 14.5. The standard InChI is InChI=1S/C17H14N2O2/c20-17(21)15-9-8-14(19(15)12-6-7-12)13-5-1-3-11-4-2-10-18-16(11)13/h1-5,8-10,12H,6-7H2,(H,20,21). The Balaban J connectivity index is 1.99. The van der Waals surface area contributed by atoms with Gasteiger partial charge >= 0.3 is 5.97 Å². The molecule has 1 aromatic carbocycles. The predicted molar refractivity (Wildman–Crippen MR) is 80.4 cm³/mol. The smallest absolute Gasteiger partial charge is 0.352 e. The van der Waals surface area contributed by atoms with Gasteiger partial charge in [0.15, 0.2) is 0 Å². The maximum Gasteiger partial charge on any atom is 0.352 e. The molecule has 1 aliphatic rings. The van der Waals surface area contributed by atoms with Crippen molar-refractivity contribution in [1.29, 1.82) is 0 Å². The molecule has 0 aliphatic heterocycles. The molecule has 0 spiro atoms. The van der Waals surface area contributed by atoms with Gasteiger partial charge in [0.1, 0.15) is 5.69 Å². The zero-order valence-electron chi connectivity index (χ0n) is 11.4. The Bertz CT molecular complexity index is 842. The number of nitrogens with zero attached hydrogens (tertiary/aromatic N) is 2. The van der Waals surface area contributed by atoms with Crippen LogP contribution in [0, 0.1) is 0 Å². The summed E-state index contributed by atoms with van der Waals surface area (Å²) in [5.41, 5.74) is 3.21. The van der Waals surface area contributed by atoms with Crippen LogP contribution in [-0.4, -0.2) is 20.6 Å². The molecule has 21 heavy (non-hydrogen) atoms. The van der Waals surface area contributed by atoms with E-state index in [4.69, 9.17) is 0 Å². The highest BCUT2D eigenvalue weighted by Gasteiger charge is 2.30. The van der Waals surface area contributed by atoms with Gasteiger partial charge in [-0.3, -0.25) is 4.98 Å². The summed E-state index contributed by atoms with van der Waals surface area (Å²) < 4.78 is 1.95. The minimum absolute atomic E-state index is 0.306. The van der Waals surface area contributed by atoms with E-state index in [0.29, 0.717) is 11.7 Å². The maximum atomic E-state index is 11.4. The van der Waals surface area contributed by atoms with E-state index in [1.54, 1.807) is 12.3 Å². The zero-order chi connectivity index (χ0) is 14.4. The molecule has 0 bridgehead atoms. The molecular weight excluding hydrogens is 264 g/mol. The molecule has 4 heteroatoms. The molecule has 1 aliphatic carbocycles. The fourth-order valence-electron chi connectivity index (χ4n) is 2.88. The van der Waals surface area contributed by atoms with Gasteiger partial charge < -0.3 is 9.67 Å². The molecule has 2 aromatic heterocycles. The van der Waals surface area contributed by atoms with Crippen molar-refractivity contribution in [2.45, 2.75) is 18.9 Å². The number of carboxylic acid groups (broad SMARTS) is 1. The first kappa shape index (κ1) is 12.1. The summed E-state index contributed by atoms with van der Waals surface area (Å²) in [6, 6.07) is 13.8. The molecule has 1 saturated carbocycles. The molecular formula is C17H14N2O2. The van der Waals surface area contributed by atoms with E-state index < -0.39 is 5.97 Å². The van der Waals surface area contributed by atoms with Crippen LogP contribution >= 0.6 is 0 Å². The van der Waals surface area contributed by atoms with Crippen LogP contribution in [0.2, 0.25) is 0 Å². The lowest BCUT2D eigenvalue weighted by atomic mass is 10.1. The van der Waals surface area contributed by atoms with Crippen LogP contribution in [0.25, 0.3) is 22.2 Å². The van der Waals surface area contributed by atoms with E-state index in [2.05, 4.69) is 4.98 Å². The van der Waals surface area contributed by atoms with E-state index in [9.17, 15) is 9.90 Å². The number of aromatic carboxylic acids is 1. The fraction of sp³-hybridized carbons (Fsp3) is 0.176. The molecule has 0 saturated heterocycles. The van der Waals surface area contributed by atoms with Gasteiger partial charge in [-0.25, -0.2) is 4.79 Å². The van der Waals surface area contributed by atoms with Crippen LogP contribution < -0.4 is 0 Å². The van der Waals surface area contributed by atoms with Crippen LogP contribution in [0.3, 0.4) is 0 Å². The summed E-state index contributed by atoms with van der Waals surface area (Å²) in [5, 5.41) is 10.4. The first-order chi connectivity index (χ1) is 10.3. The van der Waals surface area contributed by atoms with Crippen LogP contribution in [0.15, 0.2) is 48.7 Å². The molecule has 4 nitrogen and oxygen atoms in total. The molecule has 0 atom stereocenters. The van der Waals surface area contributed by atoms with Gasteiger partial charge in [-0.15, -0.1) is 0 Å². The average Bonchev–Trinajstić information content (AvgIpc) is 3.25. The maximum absolute atomic E-state index is 11.4. The largest absolute Gasteiger partial charge is 0.477 e. The lowest BCUT2D eigenvalue weighted by Gasteiger charge is -2.12. The highest BCUT2D eigenvalue weighted by Crippen LogP contribution is 2.41. The van der Waals surface area contributed by atoms with Gasteiger partial charge in [-0.05, 0) is 31.0 Å². The second-order valence-corrected chi connectivity index (χ2v) is 5.39. The quantitative estimate of drug-likeness (QED) is 0.794. The lowest BCUT2D eigenvalue weighted by molar-refractivity contribution is 0.0685. The summed E-state index contributed by atoms with van der Waals surface area (Å²) in [6.45, 7) is 0. The van der Waals surface area contributed by atoms with Crippen LogP contribution in [0.1, 0.15) is 29.4 Å². The fourth-order valence-corrected chi connectivity index (χ4v) is 2.88. The number of hydrogen-bond donors (Lipinski definition) is 1. The van der Waals surface area contributed by atoms with Crippen molar-refractivity contribution in [2.24, 2.45) is 0 Å². The monoisotopic (exact) mass is 278 g/mol. The average molecular weight is 278 g/mol. The Kier molecular flexibility index (Phi) is 2.57. The molecule has 0 amide bonds. The van der Waals surface area contributed by atoms with Crippen molar-refractivity contribution in [1.82, 2.24) is 9.55 Å².